The molecule has 0 aromatic heterocycles. The van der Waals surface area contributed by atoms with Crippen LogP contribution >= 0.6 is 11.6 Å². The molecule has 2 aromatic rings. The number of hydrogen-bond acceptors (Lipinski definition) is 6. The number of nitrogens with zero attached hydrogens (tertiary/aromatic N) is 2. The van der Waals surface area contributed by atoms with Gasteiger partial charge in [-0.25, -0.2) is 4.21 Å². The maximum absolute atomic E-state index is 13.3. The molecule has 220 valence electrons. The molecule has 2 aromatic carbocycles. The first-order valence-corrected chi connectivity index (χ1v) is 16.4. The highest BCUT2D eigenvalue weighted by atomic mass is 35.5. The number of anilines is 1. The van der Waals surface area contributed by atoms with Crippen LogP contribution in [0.5, 0.6) is 5.75 Å². The van der Waals surface area contributed by atoms with E-state index in [-0.39, 0.29) is 35.0 Å². The Labute approximate surface area is 250 Å². The fourth-order valence-corrected chi connectivity index (χ4v) is 7.56. The summed E-state index contributed by atoms with van der Waals surface area (Å²) < 4.78 is 22.2. The summed E-state index contributed by atoms with van der Waals surface area (Å²) in [5.74, 6) is 0.981. The molecular weight excluding hydrogens is 558 g/mol. The molecule has 1 N–H and O–H groups in total. The first-order valence-electron chi connectivity index (χ1n) is 14.8. The molecule has 7 nitrogen and oxygen atoms in total. The van der Waals surface area contributed by atoms with Gasteiger partial charge in [-0.2, -0.15) is 4.91 Å². The second-order valence-corrected chi connectivity index (χ2v) is 13.8. The van der Waals surface area contributed by atoms with Crippen LogP contribution in [0.15, 0.2) is 53.7 Å². The Balaban J connectivity index is 1.53. The standard InChI is InChI=1S/C32H40ClN3O4S/c1-4-6-22-15-26(33)11-13-27(22)25-18-36-17-24-9-12-28(24)29(34-38)8-5-7-20(2)21(3)41(39)35-32(37)23-10-14-31(40-19-25)30(36)16-23/h5,8,10-11,13-16,20-21,24-25,28-29H,4,6-7,9,12,17-19H2,1-3H3,(H,35,37)/b8-5+. The van der Waals surface area contributed by atoms with E-state index in [9.17, 15) is 13.9 Å². The number of amides is 1. The molecule has 7 unspecified atom stereocenters. The molecule has 0 spiro atoms. The minimum atomic E-state index is -1.56. The molecule has 1 saturated carbocycles. The van der Waals surface area contributed by atoms with Crippen LogP contribution in [-0.4, -0.2) is 41.1 Å². The molecule has 5 rings (SSSR count). The van der Waals surface area contributed by atoms with Crippen molar-refractivity contribution in [3.05, 3.63) is 75.2 Å². The fraction of sp³-hybridized carbons (Fsp3) is 0.531. The van der Waals surface area contributed by atoms with Gasteiger partial charge in [0.2, 0.25) is 0 Å². The number of allylic oxidation sites excluding steroid dienone is 1. The van der Waals surface area contributed by atoms with Gasteiger partial charge in [-0.05, 0) is 91.8 Å². The molecule has 9 heteroatoms. The van der Waals surface area contributed by atoms with E-state index in [0.717, 1.165) is 48.7 Å². The van der Waals surface area contributed by atoms with Crippen molar-refractivity contribution < 1.29 is 13.7 Å². The summed E-state index contributed by atoms with van der Waals surface area (Å²) in [5.41, 5.74) is 3.76. The normalized spacial score (nSPS) is 31.1. The van der Waals surface area contributed by atoms with Gasteiger partial charge < -0.3 is 9.64 Å². The predicted octanol–water partition coefficient (Wildman–Crippen LogP) is 6.81. The number of ether oxygens (including phenoxy) is 1. The van der Waals surface area contributed by atoms with E-state index in [2.05, 4.69) is 33.9 Å². The van der Waals surface area contributed by atoms with Gasteiger partial charge in [0.1, 0.15) is 22.8 Å². The Morgan fingerprint density at radius 3 is 2.71 bits per heavy atom. The molecule has 41 heavy (non-hydrogen) atoms. The van der Waals surface area contributed by atoms with Gasteiger partial charge in [0.15, 0.2) is 0 Å². The van der Waals surface area contributed by atoms with E-state index in [1.807, 2.05) is 44.2 Å². The maximum Gasteiger partial charge on any atom is 0.263 e. The van der Waals surface area contributed by atoms with Crippen LogP contribution in [0, 0.1) is 22.7 Å². The van der Waals surface area contributed by atoms with Crippen molar-refractivity contribution in [2.75, 3.05) is 24.6 Å². The summed E-state index contributed by atoms with van der Waals surface area (Å²) >= 11 is 6.38. The largest absolute Gasteiger partial charge is 0.491 e. The lowest BCUT2D eigenvalue weighted by Gasteiger charge is -2.42. The zero-order valence-electron chi connectivity index (χ0n) is 24.1. The smallest absolute Gasteiger partial charge is 0.263 e. The molecule has 1 fully saturated rings. The Hall–Kier alpha value is -2.71. The summed E-state index contributed by atoms with van der Waals surface area (Å²) in [5, 5.41) is 4.00. The molecule has 0 saturated heterocycles. The van der Waals surface area contributed by atoms with Crippen molar-refractivity contribution in [1.82, 2.24) is 4.72 Å². The lowest BCUT2D eigenvalue weighted by Crippen LogP contribution is -2.43. The predicted molar refractivity (Wildman–Crippen MR) is 166 cm³/mol. The summed E-state index contributed by atoms with van der Waals surface area (Å²) in [4.78, 5) is 27.5. The highest BCUT2D eigenvalue weighted by molar-refractivity contribution is 7.84. The fourth-order valence-electron chi connectivity index (χ4n) is 6.34. The van der Waals surface area contributed by atoms with Gasteiger partial charge in [-0.1, -0.05) is 55.3 Å². The second-order valence-electron chi connectivity index (χ2n) is 11.9. The summed E-state index contributed by atoms with van der Waals surface area (Å²) in [6.45, 7) is 8.00. The van der Waals surface area contributed by atoms with Gasteiger partial charge in [0, 0.05) is 29.6 Å². The molecule has 2 bridgehead atoms. The second kappa shape index (κ2) is 13.1. The molecule has 1 aliphatic carbocycles. The van der Waals surface area contributed by atoms with Crippen molar-refractivity contribution in [2.24, 2.45) is 22.9 Å². The average Bonchev–Trinajstić information content (AvgIpc) is 3.13. The number of hydrogen-bond donors (Lipinski definition) is 1. The van der Waals surface area contributed by atoms with Crippen LogP contribution in [0.1, 0.15) is 73.9 Å². The third kappa shape index (κ3) is 6.54. The molecule has 2 aliphatic heterocycles. The number of aryl methyl sites for hydroxylation is 1. The highest BCUT2D eigenvalue weighted by Gasteiger charge is 2.39. The van der Waals surface area contributed by atoms with Crippen LogP contribution in [0.25, 0.3) is 0 Å². The summed E-state index contributed by atoms with van der Waals surface area (Å²) in [7, 11) is -1.56. The number of nitrogens with one attached hydrogen (secondary N) is 1. The van der Waals surface area contributed by atoms with E-state index in [1.165, 1.54) is 11.1 Å². The Bertz CT molecular complexity index is 1330. The van der Waals surface area contributed by atoms with Crippen LogP contribution in [0.4, 0.5) is 5.69 Å². The van der Waals surface area contributed by atoms with Crippen molar-refractivity contribution >= 4 is 34.2 Å². The first kappa shape index (κ1) is 29.8. The van der Waals surface area contributed by atoms with Crippen LogP contribution in [0.2, 0.25) is 5.02 Å². The highest BCUT2D eigenvalue weighted by Crippen LogP contribution is 2.43. The van der Waals surface area contributed by atoms with Crippen molar-refractivity contribution in [1.29, 1.82) is 0 Å². The average molecular weight is 598 g/mol. The third-order valence-corrected chi connectivity index (χ3v) is 10.9. The molecule has 3 aliphatic rings. The van der Waals surface area contributed by atoms with E-state index in [1.54, 1.807) is 6.07 Å². The Kier molecular flexibility index (Phi) is 9.49. The van der Waals surface area contributed by atoms with Gasteiger partial charge in [0.05, 0.1) is 17.5 Å². The van der Waals surface area contributed by atoms with Crippen LogP contribution in [0.3, 0.4) is 0 Å². The van der Waals surface area contributed by atoms with Crippen molar-refractivity contribution in [3.63, 3.8) is 0 Å². The van der Waals surface area contributed by atoms with Crippen molar-refractivity contribution in [3.8, 4) is 5.75 Å². The number of fused-ring (bicyclic) bond motifs is 2. The van der Waals surface area contributed by atoms with E-state index in [0.29, 0.717) is 31.1 Å². The van der Waals surface area contributed by atoms with E-state index >= 15 is 0 Å². The molecule has 0 radical (unpaired) electrons. The molecule has 2 heterocycles. The molecule has 1 amide bonds. The number of carbonyl (C=O) groups is 1. The minimum absolute atomic E-state index is 0.0584. The quantitative estimate of drug-likeness (QED) is 0.309. The van der Waals surface area contributed by atoms with Gasteiger partial charge in [-0.15, -0.1) is 0 Å². The van der Waals surface area contributed by atoms with Gasteiger partial charge in [0.25, 0.3) is 5.91 Å². The van der Waals surface area contributed by atoms with E-state index < -0.39 is 11.0 Å². The zero-order chi connectivity index (χ0) is 29.1. The van der Waals surface area contributed by atoms with Crippen LogP contribution < -0.4 is 14.4 Å². The summed E-state index contributed by atoms with van der Waals surface area (Å²) in [6.07, 6.45) is 8.53. The first-order chi connectivity index (χ1) is 19.8. The lowest BCUT2D eigenvalue weighted by atomic mass is 9.69. The zero-order valence-corrected chi connectivity index (χ0v) is 25.6. The van der Waals surface area contributed by atoms with Crippen LogP contribution in [-0.2, 0) is 17.4 Å². The minimum Gasteiger partial charge on any atom is -0.491 e. The monoisotopic (exact) mass is 597 g/mol. The lowest BCUT2D eigenvalue weighted by molar-refractivity contribution is 0.0982. The summed E-state index contributed by atoms with van der Waals surface area (Å²) in [6, 6.07) is 11.2. The number of carbonyl (C=O) groups excluding carboxylic acids is 1. The Morgan fingerprint density at radius 2 is 1.98 bits per heavy atom. The number of benzene rings is 2. The maximum atomic E-state index is 13.3. The van der Waals surface area contributed by atoms with Gasteiger partial charge >= 0.3 is 0 Å². The third-order valence-electron chi connectivity index (χ3n) is 9.17. The SMILES string of the molecule is CCCc1cc(Cl)ccc1C1COc2ccc3cc2N(C1)CC1CCC1C(N=O)/C=C/CC(C)C(C)S(=O)NC3=O. The number of rotatable bonds is 4. The number of halogens is 1. The Morgan fingerprint density at radius 1 is 1.15 bits per heavy atom. The topological polar surface area (TPSA) is 88.1 Å². The molecule has 7 atom stereocenters. The van der Waals surface area contributed by atoms with E-state index in [4.69, 9.17) is 16.3 Å². The van der Waals surface area contributed by atoms with Crippen molar-refractivity contribution in [2.45, 2.75) is 70.1 Å². The molecular formula is C32H40ClN3O4S. The number of nitroso groups, excluding NO2 is 1. The van der Waals surface area contributed by atoms with Gasteiger partial charge in [-0.3, -0.25) is 9.52 Å².